The van der Waals surface area contributed by atoms with E-state index in [1.807, 2.05) is 0 Å². The van der Waals surface area contributed by atoms with Gasteiger partial charge in [-0.3, -0.25) is 4.57 Å². The molecule has 0 aliphatic carbocycles. The summed E-state index contributed by atoms with van der Waals surface area (Å²) < 4.78 is 6.83. The van der Waals surface area contributed by atoms with Gasteiger partial charge in [0, 0.05) is 6.20 Å². The molecular formula is C9H13N3O4S. The molecule has 0 spiro atoms. The minimum absolute atomic E-state index is 0.139. The first-order valence-electron chi connectivity index (χ1n) is 5.01. The number of hydrogen-bond donors (Lipinski definition) is 4. The number of aliphatic hydroxyl groups excluding tert-OH is 3. The first kappa shape index (κ1) is 12.4. The molecule has 0 bridgehead atoms. The van der Waals surface area contributed by atoms with Gasteiger partial charge >= 0.3 is 0 Å². The zero-order valence-corrected chi connectivity index (χ0v) is 9.62. The third-order valence-corrected chi connectivity index (χ3v) is 2.94. The summed E-state index contributed by atoms with van der Waals surface area (Å²) >= 11 is 4.98. The van der Waals surface area contributed by atoms with Gasteiger partial charge in [-0.15, -0.1) is 0 Å². The van der Waals surface area contributed by atoms with Crippen LogP contribution in [0.4, 0.5) is 5.82 Å². The van der Waals surface area contributed by atoms with Crippen molar-refractivity contribution >= 4 is 18.0 Å². The van der Waals surface area contributed by atoms with E-state index in [0.717, 1.165) is 0 Å². The zero-order chi connectivity index (χ0) is 12.6. The second-order valence-electron chi connectivity index (χ2n) is 3.77. The summed E-state index contributed by atoms with van der Waals surface area (Å²) in [5.41, 5.74) is 5.46. The van der Waals surface area contributed by atoms with Crippen LogP contribution in [0.25, 0.3) is 0 Å². The highest BCUT2D eigenvalue weighted by Gasteiger charge is 2.43. The minimum Gasteiger partial charge on any atom is -0.394 e. The summed E-state index contributed by atoms with van der Waals surface area (Å²) in [5.74, 6) is 0.262. The molecule has 1 aliphatic heterocycles. The normalized spacial score (nSPS) is 32.9. The van der Waals surface area contributed by atoms with Crippen molar-refractivity contribution in [2.75, 3.05) is 12.3 Å². The first-order valence-corrected chi connectivity index (χ1v) is 5.42. The molecule has 2 heterocycles. The van der Waals surface area contributed by atoms with Crippen LogP contribution in [0.3, 0.4) is 0 Å². The van der Waals surface area contributed by atoms with Crippen LogP contribution in [0, 0.1) is 4.77 Å². The van der Waals surface area contributed by atoms with Gasteiger partial charge in [0.05, 0.1) is 6.61 Å². The molecule has 1 fully saturated rings. The lowest BCUT2D eigenvalue weighted by atomic mass is 10.1. The molecule has 4 atom stereocenters. The zero-order valence-electron chi connectivity index (χ0n) is 8.80. The predicted octanol–water partition coefficient (Wildman–Crippen LogP) is -1.19. The van der Waals surface area contributed by atoms with Crippen LogP contribution in [0.1, 0.15) is 6.23 Å². The molecule has 2 rings (SSSR count). The fraction of sp³-hybridized carbons (Fsp3) is 0.556. The molecule has 0 amide bonds. The van der Waals surface area contributed by atoms with E-state index < -0.39 is 24.5 Å². The van der Waals surface area contributed by atoms with Crippen LogP contribution >= 0.6 is 12.2 Å². The first-order chi connectivity index (χ1) is 8.04. The van der Waals surface area contributed by atoms with Gasteiger partial charge in [0.15, 0.2) is 6.23 Å². The molecule has 0 saturated carbocycles. The van der Waals surface area contributed by atoms with E-state index in [4.69, 9.17) is 27.8 Å². The van der Waals surface area contributed by atoms with E-state index in [0.29, 0.717) is 0 Å². The Bertz CT molecular complexity index is 466. The van der Waals surface area contributed by atoms with E-state index in [-0.39, 0.29) is 17.2 Å². The maximum atomic E-state index is 9.79. The average Bonchev–Trinajstić information content (AvgIpc) is 2.57. The lowest BCUT2D eigenvalue weighted by Crippen LogP contribution is -2.33. The highest BCUT2D eigenvalue weighted by molar-refractivity contribution is 7.71. The van der Waals surface area contributed by atoms with Crippen LogP contribution in [0.15, 0.2) is 12.3 Å². The highest BCUT2D eigenvalue weighted by atomic mass is 32.1. The van der Waals surface area contributed by atoms with E-state index in [1.54, 1.807) is 0 Å². The Kier molecular flexibility index (Phi) is 3.40. The van der Waals surface area contributed by atoms with Gasteiger partial charge in [0.1, 0.15) is 24.1 Å². The predicted molar refractivity (Wildman–Crippen MR) is 60.5 cm³/mol. The van der Waals surface area contributed by atoms with Gasteiger partial charge < -0.3 is 25.8 Å². The van der Waals surface area contributed by atoms with Crippen LogP contribution in [-0.4, -0.2) is 49.8 Å². The molecule has 0 aromatic carbocycles. The van der Waals surface area contributed by atoms with Crippen molar-refractivity contribution < 1.29 is 20.1 Å². The Morgan fingerprint density at radius 2 is 2.18 bits per heavy atom. The third-order valence-electron chi connectivity index (χ3n) is 2.64. The number of nitrogen functional groups attached to an aromatic ring is 1. The van der Waals surface area contributed by atoms with Gasteiger partial charge in [-0.05, 0) is 18.3 Å². The minimum atomic E-state index is -1.18. The van der Waals surface area contributed by atoms with Gasteiger partial charge in [0.2, 0.25) is 4.77 Å². The van der Waals surface area contributed by atoms with E-state index in [9.17, 15) is 10.2 Å². The lowest BCUT2D eigenvalue weighted by molar-refractivity contribution is -0.0540. The Morgan fingerprint density at radius 3 is 2.71 bits per heavy atom. The molecule has 1 aliphatic rings. The summed E-state index contributed by atoms with van der Waals surface area (Å²) in [6, 6.07) is 1.50. The molecule has 7 nitrogen and oxygen atoms in total. The van der Waals surface area contributed by atoms with Gasteiger partial charge in [-0.1, -0.05) is 0 Å². The fourth-order valence-corrected chi connectivity index (χ4v) is 2.00. The summed E-state index contributed by atoms with van der Waals surface area (Å²) in [6.45, 7) is -0.384. The van der Waals surface area contributed by atoms with E-state index in [1.165, 1.54) is 16.8 Å². The molecule has 4 unspecified atom stereocenters. The third kappa shape index (κ3) is 2.17. The van der Waals surface area contributed by atoms with Gasteiger partial charge in [-0.25, -0.2) is 4.98 Å². The second kappa shape index (κ2) is 4.67. The molecule has 17 heavy (non-hydrogen) atoms. The number of anilines is 1. The van der Waals surface area contributed by atoms with Crippen molar-refractivity contribution in [1.29, 1.82) is 0 Å². The van der Waals surface area contributed by atoms with Crippen LogP contribution in [-0.2, 0) is 4.74 Å². The maximum absolute atomic E-state index is 9.79. The summed E-state index contributed by atoms with van der Waals surface area (Å²) in [4.78, 5) is 3.85. The molecule has 8 heteroatoms. The van der Waals surface area contributed by atoms with Crippen molar-refractivity contribution in [2.45, 2.75) is 24.5 Å². The van der Waals surface area contributed by atoms with Crippen molar-refractivity contribution in [1.82, 2.24) is 9.55 Å². The summed E-state index contributed by atoms with van der Waals surface area (Å²) in [5, 5.41) is 28.4. The van der Waals surface area contributed by atoms with Gasteiger partial charge in [-0.2, -0.15) is 0 Å². The SMILES string of the molecule is Nc1ccn(C2OC(CO)C(O)C2O)c(=S)n1. The topological polar surface area (TPSA) is 114 Å². The van der Waals surface area contributed by atoms with Crippen LogP contribution in [0.5, 0.6) is 0 Å². The molecular weight excluding hydrogens is 246 g/mol. The Hall–Kier alpha value is -1.06. The monoisotopic (exact) mass is 259 g/mol. The molecule has 0 radical (unpaired) electrons. The van der Waals surface area contributed by atoms with Crippen molar-refractivity contribution in [3.63, 3.8) is 0 Å². The van der Waals surface area contributed by atoms with Crippen LogP contribution in [0.2, 0.25) is 0 Å². The number of aromatic nitrogens is 2. The van der Waals surface area contributed by atoms with Crippen molar-refractivity contribution in [2.24, 2.45) is 0 Å². The molecule has 94 valence electrons. The number of rotatable bonds is 2. The average molecular weight is 259 g/mol. The maximum Gasteiger partial charge on any atom is 0.203 e. The van der Waals surface area contributed by atoms with E-state index >= 15 is 0 Å². The van der Waals surface area contributed by atoms with E-state index in [2.05, 4.69) is 4.98 Å². The van der Waals surface area contributed by atoms with Crippen molar-refractivity contribution in [3.8, 4) is 0 Å². The number of nitrogens with two attached hydrogens (primary N) is 1. The molecule has 1 saturated heterocycles. The second-order valence-corrected chi connectivity index (χ2v) is 4.14. The molecule has 1 aromatic heterocycles. The fourth-order valence-electron chi connectivity index (χ4n) is 1.73. The molecule has 1 aromatic rings. The number of hydrogen-bond acceptors (Lipinski definition) is 7. The smallest absolute Gasteiger partial charge is 0.203 e. The number of aliphatic hydroxyl groups is 3. The van der Waals surface area contributed by atoms with Gasteiger partial charge in [0.25, 0.3) is 0 Å². The largest absolute Gasteiger partial charge is 0.394 e. The highest BCUT2D eigenvalue weighted by Crippen LogP contribution is 2.29. The summed E-state index contributed by atoms with van der Waals surface area (Å²) in [6.07, 6.45) is -2.53. The summed E-state index contributed by atoms with van der Waals surface area (Å²) in [7, 11) is 0. The lowest BCUT2D eigenvalue weighted by Gasteiger charge is -2.18. The Morgan fingerprint density at radius 1 is 1.47 bits per heavy atom. The number of nitrogens with zero attached hydrogens (tertiary/aromatic N) is 2. The number of ether oxygens (including phenoxy) is 1. The van der Waals surface area contributed by atoms with Crippen LogP contribution < -0.4 is 5.73 Å². The van der Waals surface area contributed by atoms with Crippen molar-refractivity contribution in [3.05, 3.63) is 17.0 Å². The molecule has 5 N–H and O–H groups in total. The quantitative estimate of drug-likeness (QED) is 0.494. The Balaban J connectivity index is 2.32. The Labute approximate surface area is 102 Å². The standard InChI is InChI=1S/C9H13N3O4S/c10-5-1-2-12(9(17)11-5)8-7(15)6(14)4(3-13)16-8/h1-2,4,6-8,13-15H,3H2,(H2,10,11,17).